The fraction of sp³-hybridized carbons (Fsp3) is 0.148. The summed E-state index contributed by atoms with van der Waals surface area (Å²) in [6.07, 6.45) is 1.41. The zero-order chi connectivity index (χ0) is 25.8. The minimum Gasteiger partial charge on any atom is -0.425 e. The zero-order valence-electron chi connectivity index (χ0n) is 19.4. The number of rotatable bonds is 6. The number of nitrogens with zero attached hydrogens (tertiary/aromatic N) is 3. The van der Waals surface area contributed by atoms with Gasteiger partial charge in [0.25, 0.3) is 5.56 Å². The molecule has 9 heteroatoms. The molecule has 0 aliphatic rings. The predicted molar refractivity (Wildman–Crippen MR) is 135 cm³/mol. The molecule has 2 aromatic heterocycles. The zero-order valence-corrected chi connectivity index (χ0v) is 20.2. The Bertz CT molecular complexity index is 1560. The Morgan fingerprint density at radius 3 is 2.56 bits per heavy atom. The van der Waals surface area contributed by atoms with Crippen LogP contribution < -0.4 is 15.6 Å². The van der Waals surface area contributed by atoms with Crippen LogP contribution in [0.1, 0.15) is 37.2 Å². The van der Waals surface area contributed by atoms with E-state index in [1.165, 1.54) is 29.8 Å². The standard InChI is InChI=1S/C27H21ClN4O4/c1-16(31-26(34)20(15-29)25-23(36-17(2)33)12-7-13-30-25)22-14-18-8-6-11-21(28)24(18)27(35)32(22)19-9-4-3-5-10-19/h3-14,16,20H,1-2H3,(H,31,34)/t16-,20?/m0/s1. The van der Waals surface area contributed by atoms with Gasteiger partial charge in [0, 0.05) is 24.5 Å². The first-order chi connectivity index (χ1) is 17.3. The number of nitriles is 1. The number of hydrogen-bond acceptors (Lipinski definition) is 6. The highest BCUT2D eigenvalue weighted by Crippen LogP contribution is 2.28. The van der Waals surface area contributed by atoms with Crippen LogP contribution >= 0.6 is 11.6 Å². The molecule has 0 spiro atoms. The molecule has 0 bridgehead atoms. The Balaban J connectivity index is 1.77. The van der Waals surface area contributed by atoms with E-state index >= 15 is 0 Å². The Morgan fingerprint density at radius 2 is 1.86 bits per heavy atom. The quantitative estimate of drug-likeness (QED) is 0.391. The number of halogens is 1. The molecule has 0 aliphatic heterocycles. The van der Waals surface area contributed by atoms with Gasteiger partial charge in [-0.25, -0.2) is 0 Å². The summed E-state index contributed by atoms with van der Waals surface area (Å²) in [5, 5.41) is 13.9. The Hall–Kier alpha value is -4.48. The van der Waals surface area contributed by atoms with Crippen LogP contribution in [0, 0.1) is 11.3 Å². The van der Waals surface area contributed by atoms with Crippen molar-refractivity contribution in [1.82, 2.24) is 14.9 Å². The molecule has 0 fully saturated rings. The van der Waals surface area contributed by atoms with Crippen LogP contribution in [0.2, 0.25) is 5.02 Å². The van der Waals surface area contributed by atoms with E-state index in [1.807, 2.05) is 12.1 Å². The molecule has 1 N–H and O–H groups in total. The van der Waals surface area contributed by atoms with Crippen molar-refractivity contribution in [2.24, 2.45) is 0 Å². The third-order valence-electron chi connectivity index (χ3n) is 5.56. The highest BCUT2D eigenvalue weighted by Gasteiger charge is 2.28. The first-order valence-electron chi connectivity index (χ1n) is 11.0. The number of aromatic nitrogens is 2. The van der Waals surface area contributed by atoms with E-state index in [1.54, 1.807) is 55.5 Å². The van der Waals surface area contributed by atoms with E-state index in [-0.39, 0.29) is 17.0 Å². The van der Waals surface area contributed by atoms with Gasteiger partial charge in [-0.15, -0.1) is 0 Å². The number of benzene rings is 2. The topological polar surface area (TPSA) is 114 Å². The highest BCUT2D eigenvalue weighted by molar-refractivity contribution is 6.35. The lowest BCUT2D eigenvalue weighted by molar-refractivity contribution is -0.132. The maximum Gasteiger partial charge on any atom is 0.308 e. The summed E-state index contributed by atoms with van der Waals surface area (Å²) in [6.45, 7) is 2.93. The molecule has 36 heavy (non-hydrogen) atoms. The molecule has 0 aliphatic carbocycles. The monoisotopic (exact) mass is 500 g/mol. The lowest BCUT2D eigenvalue weighted by Crippen LogP contribution is -2.35. The van der Waals surface area contributed by atoms with Crippen LogP contribution in [0.5, 0.6) is 5.75 Å². The van der Waals surface area contributed by atoms with Crippen molar-refractivity contribution in [3.05, 3.63) is 99.7 Å². The highest BCUT2D eigenvalue weighted by atomic mass is 35.5. The van der Waals surface area contributed by atoms with Gasteiger partial charge in [0.1, 0.15) is 5.69 Å². The van der Waals surface area contributed by atoms with Gasteiger partial charge >= 0.3 is 5.97 Å². The van der Waals surface area contributed by atoms with Crippen molar-refractivity contribution in [3.63, 3.8) is 0 Å². The maximum absolute atomic E-state index is 13.6. The lowest BCUT2D eigenvalue weighted by atomic mass is 10.0. The summed E-state index contributed by atoms with van der Waals surface area (Å²) in [7, 11) is 0. The molecule has 1 amide bonds. The third-order valence-corrected chi connectivity index (χ3v) is 5.87. The molecule has 0 radical (unpaired) electrons. The number of amides is 1. The van der Waals surface area contributed by atoms with E-state index in [9.17, 15) is 19.6 Å². The summed E-state index contributed by atoms with van der Waals surface area (Å²) in [5.74, 6) is -2.58. The van der Waals surface area contributed by atoms with Crippen molar-refractivity contribution >= 4 is 34.2 Å². The number of fused-ring (bicyclic) bond motifs is 1. The second-order valence-corrected chi connectivity index (χ2v) is 8.43. The number of esters is 1. The van der Waals surface area contributed by atoms with Crippen molar-refractivity contribution in [1.29, 1.82) is 5.26 Å². The molecule has 180 valence electrons. The summed E-state index contributed by atoms with van der Waals surface area (Å²) < 4.78 is 6.62. The van der Waals surface area contributed by atoms with Gasteiger partial charge < -0.3 is 10.1 Å². The number of ether oxygens (including phenoxy) is 1. The van der Waals surface area contributed by atoms with Crippen molar-refractivity contribution < 1.29 is 14.3 Å². The number of para-hydroxylation sites is 1. The molecular weight excluding hydrogens is 480 g/mol. The largest absolute Gasteiger partial charge is 0.425 e. The number of nitrogens with one attached hydrogen (secondary N) is 1. The molecule has 0 saturated heterocycles. The molecule has 2 heterocycles. The molecule has 0 saturated carbocycles. The second-order valence-electron chi connectivity index (χ2n) is 8.02. The summed E-state index contributed by atoms with van der Waals surface area (Å²) in [6, 6.07) is 20.2. The first-order valence-corrected chi connectivity index (χ1v) is 11.4. The minimum absolute atomic E-state index is 0.0191. The van der Waals surface area contributed by atoms with Gasteiger partial charge in [-0.1, -0.05) is 41.9 Å². The Kier molecular flexibility index (Phi) is 7.13. The van der Waals surface area contributed by atoms with Crippen molar-refractivity contribution in [2.75, 3.05) is 0 Å². The van der Waals surface area contributed by atoms with Crippen LogP contribution in [0.25, 0.3) is 16.5 Å². The molecule has 2 atom stereocenters. The molecule has 4 aromatic rings. The van der Waals surface area contributed by atoms with Crippen molar-refractivity contribution in [2.45, 2.75) is 25.8 Å². The summed E-state index contributed by atoms with van der Waals surface area (Å²) >= 11 is 6.36. The Labute approximate surface area is 211 Å². The van der Waals surface area contributed by atoms with Gasteiger partial charge in [-0.05, 0) is 48.7 Å². The summed E-state index contributed by atoms with van der Waals surface area (Å²) in [5.41, 5.74) is 0.774. The molecule has 2 aromatic carbocycles. The number of hydrogen-bond donors (Lipinski definition) is 1. The van der Waals surface area contributed by atoms with E-state index in [2.05, 4.69) is 10.3 Å². The van der Waals surface area contributed by atoms with Gasteiger partial charge in [0.15, 0.2) is 11.7 Å². The van der Waals surface area contributed by atoms with Crippen LogP contribution in [0.15, 0.2) is 77.7 Å². The van der Waals surface area contributed by atoms with Gasteiger partial charge in [-0.3, -0.25) is 23.9 Å². The van der Waals surface area contributed by atoms with E-state index < -0.39 is 23.8 Å². The Morgan fingerprint density at radius 1 is 1.11 bits per heavy atom. The van der Waals surface area contributed by atoms with E-state index in [0.29, 0.717) is 27.2 Å². The molecular formula is C27H21ClN4O4. The van der Waals surface area contributed by atoms with Crippen LogP contribution in [-0.2, 0) is 9.59 Å². The van der Waals surface area contributed by atoms with Crippen molar-refractivity contribution in [3.8, 4) is 17.5 Å². The average Bonchev–Trinajstić information content (AvgIpc) is 2.85. The number of carbonyl (C=O) groups is 2. The number of pyridine rings is 2. The SMILES string of the molecule is CC(=O)Oc1cccnc1C(C#N)C(=O)N[C@@H](C)c1cc2cccc(Cl)c2c(=O)n1-c1ccccc1. The molecule has 1 unspecified atom stereocenters. The third kappa shape index (κ3) is 4.83. The normalized spacial score (nSPS) is 12.4. The maximum atomic E-state index is 13.6. The minimum atomic E-state index is -1.35. The fourth-order valence-electron chi connectivity index (χ4n) is 3.98. The lowest BCUT2D eigenvalue weighted by Gasteiger charge is -2.22. The smallest absolute Gasteiger partial charge is 0.308 e. The van der Waals surface area contributed by atoms with E-state index in [4.69, 9.17) is 16.3 Å². The van der Waals surface area contributed by atoms with Gasteiger partial charge in [0.05, 0.1) is 22.5 Å². The van der Waals surface area contributed by atoms with Crippen LogP contribution in [-0.4, -0.2) is 21.4 Å². The second kappa shape index (κ2) is 10.4. The van der Waals surface area contributed by atoms with Crippen LogP contribution in [0.3, 0.4) is 0 Å². The van der Waals surface area contributed by atoms with E-state index in [0.717, 1.165) is 0 Å². The van der Waals surface area contributed by atoms with Gasteiger partial charge in [0.2, 0.25) is 5.91 Å². The molecule has 4 rings (SSSR count). The van der Waals surface area contributed by atoms with Crippen LogP contribution in [0.4, 0.5) is 0 Å². The first kappa shape index (κ1) is 24.6. The number of carbonyl (C=O) groups excluding carboxylic acids is 2. The fourth-order valence-corrected chi connectivity index (χ4v) is 4.24. The average molecular weight is 501 g/mol. The predicted octanol–water partition coefficient (Wildman–Crippen LogP) is 4.45. The summed E-state index contributed by atoms with van der Waals surface area (Å²) in [4.78, 5) is 42.4. The van der Waals surface area contributed by atoms with Gasteiger partial charge in [-0.2, -0.15) is 5.26 Å². The molecule has 8 nitrogen and oxygen atoms in total.